The molecule has 0 bridgehead atoms. The Morgan fingerprint density at radius 2 is 2.00 bits per heavy atom. The van der Waals surface area contributed by atoms with E-state index in [9.17, 15) is 9.59 Å². The van der Waals surface area contributed by atoms with E-state index in [1.807, 2.05) is 32.0 Å². The van der Waals surface area contributed by atoms with E-state index in [-0.39, 0.29) is 11.5 Å². The molecule has 0 spiro atoms. The van der Waals surface area contributed by atoms with Crippen molar-refractivity contribution < 1.29 is 9.53 Å². The standard InChI is InChI=1S/C21H23N3O3S/c1-13-5-8-17(14(2)11-13)22-19(25)15-6-7-16-18(12-15)23-21(28)24(20(16)26)9-4-10-27-3/h5-8,11-12H,4,9-10H2,1-3H3,(H,22,25)(H,23,28). The molecule has 3 aromatic rings. The largest absolute Gasteiger partial charge is 0.385 e. The van der Waals surface area contributed by atoms with E-state index in [1.165, 1.54) is 4.57 Å². The van der Waals surface area contributed by atoms with Crippen LogP contribution in [0, 0.1) is 18.6 Å². The number of carbonyl (C=O) groups is 1. The molecule has 0 aliphatic carbocycles. The van der Waals surface area contributed by atoms with Crippen LogP contribution in [0.1, 0.15) is 27.9 Å². The van der Waals surface area contributed by atoms with Gasteiger partial charge < -0.3 is 15.0 Å². The third-order valence-corrected chi connectivity index (χ3v) is 4.93. The molecule has 6 nitrogen and oxygen atoms in total. The molecular weight excluding hydrogens is 374 g/mol. The Balaban J connectivity index is 1.91. The molecule has 2 aromatic carbocycles. The Labute approximate surface area is 168 Å². The molecule has 0 saturated heterocycles. The topological polar surface area (TPSA) is 76.1 Å². The van der Waals surface area contributed by atoms with E-state index in [1.54, 1.807) is 25.3 Å². The first kappa shape index (κ1) is 20.0. The van der Waals surface area contributed by atoms with Crippen LogP contribution in [-0.2, 0) is 11.3 Å². The van der Waals surface area contributed by atoms with Crippen LogP contribution in [0.5, 0.6) is 0 Å². The fourth-order valence-electron chi connectivity index (χ4n) is 3.11. The number of methoxy groups -OCH3 is 1. The molecule has 0 fully saturated rings. The minimum absolute atomic E-state index is 0.170. The minimum atomic E-state index is -0.238. The van der Waals surface area contributed by atoms with Crippen molar-refractivity contribution in [1.82, 2.24) is 9.55 Å². The van der Waals surface area contributed by atoms with Gasteiger partial charge in [0.05, 0.1) is 10.9 Å². The smallest absolute Gasteiger partial charge is 0.262 e. The summed E-state index contributed by atoms with van der Waals surface area (Å²) in [5, 5.41) is 3.41. The molecule has 0 aliphatic heterocycles. The molecule has 1 aromatic heterocycles. The second-order valence-electron chi connectivity index (χ2n) is 6.77. The van der Waals surface area contributed by atoms with Crippen molar-refractivity contribution in [2.45, 2.75) is 26.8 Å². The average Bonchev–Trinajstić information content (AvgIpc) is 2.66. The van der Waals surface area contributed by atoms with Crippen LogP contribution >= 0.6 is 12.2 Å². The Bertz CT molecular complexity index is 1150. The second-order valence-corrected chi connectivity index (χ2v) is 7.15. The quantitative estimate of drug-likeness (QED) is 0.488. The number of aromatic amines is 1. The van der Waals surface area contributed by atoms with E-state index in [4.69, 9.17) is 17.0 Å². The van der Waals surface area contributed by atoms with Crippen molar-refractivity contribution in [2.24, 2.45) is 0 Å². The van der Waals surface area contributed by atoms with Crippen molar-refractivity contribution in [2.75, 3.05) is 19.0 Å². The van der Waals surface area contributed by atoms with E-state index in [2.05, 4.69) is 10.3 Å². The molecule has 28 heavy (non-hydrogen) atoms. The van der Waals surface area contributed by atoms with Crippen LogP contribution in [0.4, 0.5) is 5.69 Å². The molecule has 146 valence electrons. The van der Waals surface area contributed by atoms with Crippen molar-refractivity contribution in [1.29, 1.82) is 0 Å². The van der Waals surface area contributed by atoms with E-state index >= 15 is 0 Å². The summed E-state index contributed by atoms with van der Waals surface area (Å²) in [7, 11) is 1.62. The van der Waals surface area contributed by atoms with Crippen molar-refractivity contribution in [3.05, 3.63) is 68.2 Å². The molecule has 0 unspecified atom stereocenters. The van der Waals surface area contributed by atoms with Crippen LogP contribution in [0.25, 0.3) is 10.9 Å². The Morgan fingerprint density at radius 3 is 2.71 bits per heavy atom. The van der Waals surface area contributed by atoms with Crippen LogP contribution < -0.4 is 10.9 Å². The number of rotatable bonds is 6. The molecule has 1 heterocycles. The fraction of sp³-hybridized carbons (Fsp3) is 0.286. The van der Waals surface area contributed by atoms with E-state index in [0.29, 0.717) is 40.8 Å². The third kappa shape index (κ3) is 4.21. The first-order chi connectivity index (χ1) is 13.4. The van der Waals surface area contributed by atoms with Gasteiger partial charge in [0.2, 0.25) is 0 Å². The van der Waals surface area contributed by atoms with Crippen LogP contribution in [0.3, 0.4) is 0 Å². The maximum atomic E-state index is 12.7. The normalized spacial score (nSPS) is 11.0. The summed E-state index contributed by atoms with van der Waals surface area (Å²) in [6.07, 6.45) is 0.690. The number of carbonyl (C=O) groups excluding carboxylic acids is 1. The lowest BCUT2D eigenvalue weighted by Crippen LogP contribution is -2.23. The highest BCUT2D eigenvalue weighted by molar-refractivity contribution is 7.71. The SMILES string of the molecule is COCCCn1c(=S)[nH]c2cc(C(=O)Nc3ccc(C)cc3C)ccc2c1=O. The molecule has 7 heteroatoms. The number of H-pyrrole nitrogens is 1. The molecule has 0 saturated carbocycles. The number of benzene rings is 2. The first-order valence-electron chi connectivity index (χ1n) is 9.05. The lowest BCUT2D eigenvalue weighted by molar-refractivity contribution is 0.102. The molecule has 2 N–H and O–H groups in total. The highest BCUT2D eigenvalue weighted by Crippen LogP contribution is 2.18. The van der Waals surface area contributed by atoms with Gasteiger partial charge >= 0.3 is 0 Å². The van der Waals surface area contributed by atoms with Crippen LogP contribution in [0.2, 0.25) is 0 Å². The lowest BCUT2D eigenvalue weighted by atomic mass is 10.1. The average molecular weight is 398 g/mol. The monoisotopic (exact) mass is 397 g/mol. The van der Waals surface area contributed by atoms with Gasteiger partial charge in [-0.2, -0.15) is 0 Å². The highest BCUT2D eigenvalue weighted by Gasteiger charge is 2.11. The minimum Gasteiger partial charge on any atom is -0.385 e. The summed E-state index contributed by atoms with van der Waals surface area (Å²) in [4.78, 5) is 28.4. The number of nitrogens with zero attached hydrogens (tertiary/aromatic N) is 1. The zero-order valence-corrected chi connectivity index (χ0v) is 17.0. The van der Waals surface area contributed by atoms with Gasteiger partial charge in [0.15, 0.2) is 4.77 Å². The van der Waals surface area contributed by atoms with Gasteiger partial charge in [-0.1, -0.05) is 17.7 Å². The number of anilines is 1. The summed E-state index contributed by atoms with van der Waals surface area (Å²) in [5.41, 5.74) is 3.72. The van der Waals surface area contributed by atoms with Gasteiger partial charge in [0.25, 0.3) is 11.5 Å². The second kappa shape index (κ2) is 8.50. The van der Waals surface area contributed by atoms with Gasteiger partial charge in [-0.3, -0.25) is 14.2 Å². The van der Waals surface area contributed by atoms with Gasteiger partial charge in [-0.15, -0.1) is 0 Å². The number of ether oxygens (including phenoxy) is 1. The predicted molar refractivity (Wildman–Crippen MR) is 114 cm³/mol. The van der Waals surface area contributed by atoms with Crippen LogP contribution in [0.15, 0.2) is 41.2 Å². The van der Waals surface area contributed by atoms with Gasteiger partial charge in [-0.05, 0) is 62.3 Å². The molecule has 0 atom stereocenters. The fourth-order valence-corrected chi connectivity index (χ4v) is 3.40. The maximum Gasteiger partial charge on any atom is 0.262 e. The number of aryl methyl sites for hydroxylation is 2. The van der Waals surface area contributed by atoms with Crippen molar-refractivity contribution in [3.8, 4) is 0 Å². The molecule has 3 rings (SSSR count). The highest BCUT2D eigenvalue weighted by atomic mass is 32.1. The Morgan fingerprint density at radius 1 is 1.21 bits per heavy atom. The molecule has 1 amide bonds. The Kier molecular flexibility index (Phi) is 6.06. The summed E-state index contributed by atoms with van der Waals surface area (Å²) in [6, 6.07) is 10.8. The number of amides is 1. The summed E-state index contributed by atoms with van der Waals surface area (Å²) >= 11 is 5.33. The van der Waals surface area contributed by atoms with Crippen LogP contribution in [-0.4, -0.2) is 29.2 Å². The molecular formula is C21H23N3O3S. The number of fused-ring (bicyclic) bond motifs is 1. The summed E-state index contributed by atoms with van der Waals surface area (Å²) in [6.45, 7) is 4.99. The van der Waals surface area contributed by atoms with E-state index < -0.39 is 0 Å². The van der Waals surface area contributed by atoms with Gasteiger partial charge in [0, 0.05) is 31.5 Å². The van der Waals surface area contributed by atoms with Gasteiger partial charge in [-0.25, -0.2) is 0 Å². The Hall–Kier alpha value is -2.77. The summed E-state index contributed by atoms with van der Waals surface area (Å²) in [5.74, 6) is -0.238. The lowest BCUT2D eigenvalue weighted by Gasteiger charge is -2.11. The number of aromatic nitrogens is 2. The zero-order chi connectivity index (χ0) is 20.3. The number of hydrogen-bond acceptors (Lipinski definition) is 4. The predicted octanol–water partition coefficient (Wildman–Crippen LogP) is 3.96. The first-order valence-corrected chi connectivity index (χ1v) is 9.46. The zero-order valence-electron chi connectivity index (χ0n) is 16.2. The number of hydrogen-bond donors (Lipinski definition) is 2. The summed E-state index contributed by atoms with van der Waals surface area (Å²) < 4.78 is 6.89. The van der Waals surface area contributed by atoms with Crippen molar-refractivity contribution in [3.63, 3.8) is 0 Å². The van der Waals surface area contributed by atoms with Crippen molar-refractivity contribution >= 4 is 34.7 Å². The molecule has 0 radical (unpaired) electrons. The maximum absolute atomic E-state index is 12.7. The van der Waals surface area contributed by atoms with Gasteiger partial charge in [0.1, 0.15) is 0 Å². The van der Waals surface area contributed by atoms with E-state index in [0.717, 1.165) is 16.8 Å². The number of nitrogens with one attached hydrogen (secondary N) is 2. The molecule has 0 aliphatic rings. The third-order valence-electron chi connectivity index (χ3n) is 4.60.